The second-order valence-electron chi connectivity index (χ2n) is 4.70. The normalized spacial score (nSPS) is 18.6. The van der Waals surface area contributed by atoms with Crippen molar-refractivity contribution in [2.24, 2.45) is 0 Å². The first-order valence-corrected chi connectivity index (χ1v) is 7.92. The van der Waals surface area contributed by atoms with Crippen LogP contribution in [-0.4, -0.2) is 35.1 Å². The number of hydrogen-bond acceptors (Lipinski definition) is 3. The topological polar surface area (TPSA) is 29.5 Å². The summed E-state index contributed by atoms with van der Waals surface area (Å²) in [5, 5.41) is 0.285. The molecule has 4 heteroatoms. The van der Waals surface area contributed by atoms with Gasteiger partial charge in [-0.15, -0.1) is 11.8 Å². The lowest BCUT2D eigenvalue weighted by Crippen LogP contribution is -2.33. The summed E-state index contributed by atoms with van der Waals surface area (Å²) >= 11 is 1.83. The molecule has 104 valence electrons. The molecule has 0 saturated carbocycles. The van der Waals surface area contributed by atoms with Crippen molar-refractivity contribution < 1.29 is 9.53 Å². The van der Waals surface area contributed by atoms with Crippen molar-refractivity contribution >= 4 is 17.7 Å². The first-order valence-electron chi connectivity index (χ1n) is 6.88. The minimum absolute atomic E-state index is 0.123. The summed E-state index contributed by atoms with van der Waals surface area (Å²) in [7, 11) is 0. The van der Waals surface area contributed by atoms with Gasteiger partial charge in [0.05, 0.1) is 12.0 Å². The fourth-order valence-electron chi connectivity index (χ4n) is 2.05. The van der Waals surface area contributed by atoms with Crippen LogP contribution in [0.5, 0.6) is 5.75 Å². The standard InChI is InChI=1S/C15H21NO2S/c1-3-4-10-18-14-7-5-13(6-8-14)15(17)16-9-11-19-12(16)2/h5-8,12H,3-4,9-11H2,1-2H3. The molecule has 2 rings (SSSR count). The number of carbonyl (C=O) groups excluding carboxylic acids is 1. The molecular weight excluding hydrogens is 258 g/mol. The van der Waals surface area contributed by atoms with Crippen LogP contribution < -0.4 is 4.74 Å². The smallest absolute Gasteiger partial charge is 0.254 e. The van der Waals surface area contributed by atoms with E-state index in [1.165, 1.54) is 0 Å². The monoisotopic (exact) mass is 279 g/mol. The van der Waals surface area contributed by atoms with Gasteiger partial charge in [0.15, 0.2) is 0 Å². The predicted molar refractivity (Wildman–Crippen MR) is 79.8 cm³/mol. The molecule has 19 heavy (non-hydrogen) atoms. The fraction of sp³-hybridized carbons (Fsp3) is 0.533. The second-order valence-corrected chi connectivity index (χ2v) is 6.12. The van der Waals surface area contributed by atoms with Gasteiger partial charge in [-0.05, 0) is 37.6 Å². The van der Waals surface area contributed by atoms with Crippen molar-refractivity contribution in [3.05, 3.63) is 29.8 Å². The average molecular weight is 279 g/mol. The van der Waals surface area contributed by atoms with Crippen LogP contribution in [0.2, 0.25) is 0 Å². The van der Waals surface area contributed by atoms with Gasteiger partial charge in [0, 0.05) is 17.9 Å². The molecule has 0 bridgehead atoms. The highest BCUT2D eigenvalue weighted by Crippen LogP contribution is 2.25. The molecule has 0 N–H and O–H groups in total. The van der Waals surface area contributed by atoms with Crippen LogP contribution in [-0.2, 0) is 0 Å². The van der Waals surface area contributed by atoms with Gasteiger partial charge in [0.25, 0.3) is 5.91 Å². The number of unbranched alkanes of at least 4 members (excludes halogenated alkanes) is 1. The number of thioether (sulfide) groups is 1. The number of nitrogens with zero attached hydrogens (tertiary/aromatic N) is 1. The van der Waals surface area contributed by atoms with E-state index in [0.29, 0.717) is 0 Å². The zero-order valence-electron chi connectivity index (χ0n) is 11.6. The van der Waals surface area contributed by atoms with Crippen molar-refractivity contribution in [3.63, 3.8) is 0 Å². The van der Waals surface area contributed by atoms with E-state index in [-0.39, 0.29) is 11.3 Å². The van der Waals surface area contributed by atoms with E-state index >= 15 is 0 Å². The third-order valence-electron chi connectivity index (χ3n) is 3.26. The molecule has 0 aliphatic carbocycles. The van der Waals surface area contributed by atoms with Crippen molar-refractivity contribution in [1.82, 2.24) is 4.90 Å². The van der Waals surface area contributed by atoms with Crippen LogP contribution in [0.1, 0.15) is 37.0 Å². The Balaban J connectivity index is 1.95. The maximum absolute atomic E-state index is 12.3. The van der Waals surface area contributed by atoms with E-state index in [2.05, 4.69) is 13.8 Å². The molecule has 3 nitrogen and oxygen atoms in total. The molecule has 1 heterocycles. The lowest BCUT2D eigenvalue weighted by molar-refractivity contribution is 0.0768. The number of amides is 1. The highest BCUT2D eigenvalue weighted by Gasteiger charge is 2.26. The van der Waals surface area contributed by atoms with E-state index in [9.17, 15) is 4.79 Å². The molecule has 0 spiro atoms. The minimum atomic E-state index is 0.123. The van der Waals surface area contributed by atoms with E-state index in [4.69, 9.17) is 4.74 Å². The Bertz CT molecular complexity index is 419. The van der Waals surface area contributed by atoms with Crippen LogP contribution in [0.15, 0.2) is 24.3 Å². The summed E-state index contributed by atoms with van der Waals surface area (Å²) in [4.78, 5) is 14.2. The first kappa shape index (κ1) is 14.3. The van der Waals surface area contributed by atoms with E-state index in [0.717, 1.165) is 43.1 Å². The maximum atomic E-state index is 12.3. The average Bonchev–Trinajstić information content (AvgIpc) is 2.85. The second kappa shape index (κ2) is 6.85. The lowest BCUT2D eigenvalue weighted by Gasteiger charge is -2.20. The Morgan fingerprint density at radius 3 is 2.74 bits per heavy atom. The van der Waals surface area contributed by atoms with Gasteiger partial charge in [-0.3, -0.25) is 4.79 Å². The van der Waals surface area contributed by atoms with Crippen LogP contribution in [0.25, 0.3) is 0 Å². The molecule has 1 aromatic carbocycles. The molecule has 1 fully saturated rings. The Kier molecular flexibility index (Phi) is 5.14. The number of hydrogen-bond donors (Lipinski definition) is 0. The van der Waals surface area contributed by atoms with Crippen LogP contribution >= 0.6 is 11.8 Å². The Morgan fingerprint density at radius 2 is 2.16 bits per heavy atom. The van der Waals surface area contributed by atoms with Gasteiger partial charge in [-0.2, -0.15) is 0 Å². The summed E-state index contributed by atoms with van der Waals surface area (Å²) in [6.07, 6.45) is 2.18. The Morgan fingerprint density at radius 1 is 1.42 bits per heavy atom. The summed E-state index contributed by atoms with van der Waals surface area (Å²) in [5.41, 5.74) is 0.747. The van der Waals surface area contributed by atoms with Crippen molar-refractivity contribution in [3.8, 4) is 5.75 Å². The van der Waals surface area contributed by atoms with Crippen LogP contribution in [0.3, 0.4) is 0 Å². The van der Waals surface area contributed by atoms with E-state index < -0.39 is 0 Å². The molecule has 0 aromatic heterocycles. The summed E-state index contributed by atoms with van der Waals surface area (Å²) in [6.45, 7) is 5.81. The molecule has 1 amide bonds. The predicted octanol–water partition coefficient (Wildman–Crippen LogP) is 3.40. The minimum Gasteiger partial charge on any atom is -0.494 e. The lowest BCUT2D eigenvalue weighted by atomic mass is 10.2. The summed E-state index contributed by atoms with van der Waals surface area (Å²) in [6, 6.07) is 7.49. The van der Waals surface area contributed by atoms with Gasteiger partial charge < -0.3 is 9.64 Å². The SMILES string of the molecule is CCCCOc1ccc(C(=O)N2CCSC2C)cc1. The van der Waals surface area contributed by atoms with Gasteiger partial charge in [-0.25, -0.2) is 0 Å². The van der Waals surface area contributed by atoms with Gasteiger partial charge in [0.1, 0.15) is 5.75 Å². The largest absolute Gasteiger partial charge is 0.494 e. The zero-order valence-corrected chi connectivity index (χ0v) is 12.4. The molecule has 1 unspecified atom stereocenters. The number of carbonyl (C=O) groups is 1. The molecular formula is C15H21NO2S. The summed E-state index contributed by atoms with van der Waals surface area (Å²) in [5.74, 6) is 2.00. The number of benzene rings is 1. The highest BCUT2D eigenvalue weighted by molar-refractivity contribution is 8.00. The van der Waals surface area contributed by atoms with Crippen molar-refractivity contribution in [1.29, 1.82) is 0 Å². The maximum Gasteiger partial charge on any atom is 0.254 e. The van der Waals surface area contributed by atoms with Gasteiger partial charge >= 0.3 is 0 Å². The Labute approximate surface area is 119 Å². The van der Waals surface area contributed by atoms with Gasteiger partial charge in [0.2, 0.25) is 0 Å². The first-order chi connectivity index (χ1) is 9.22. The van der Waals surface area contributed by atoms with Crippen molar-refractivity contribution in [2.45, 2.75) is 32.1 Å². The molecule has 1 aliphatic heterocycles. The zero-order chi connectivity index (χ0) is 13.7. The van der Waals surface area contributed by atoms with Crippen LogP contribution in [0.4, 0.5) is 0 Å². The third-order valence-corrected chi connectivity index (χ3v) is 4.41. The third kappa shape index (κ3) is 3.66. The summed E-state index contributed by atoms with van der Waals surface area (Å²) < 4.78 is 5.60. The molecule has 1 aliphatic rings. The molecule has 1 saturated heterocycles. The molecule has 1 aromatic rings. The number of ether oxygens (including phenoxy) is 1. The van der Waals surface area contributed by atoms with Gasteiger partial charge in [-0.1, -0.05) is 13.3 Å². The fourth-order valence-corrected chi connectivity index (χ4v) is 3.08. The molecule has 0 radical (unpaired) electrons. The van der Waals surface area contributed by atoms with E-state index in [1.54, 1.807) is 0 Å². The quantitative estimate of drug-likeness (QED) is 0.774. The molecule has 1 atom stereocenters. The Hall–Kier alpha value is -1.16. The highest BCUT2D eigenvalue weighted by atomic mass is 32.2. The number of rotatable bonds is 5. The van der Waals surface area contributed by atoms with E-state index in [1.807, 2.05) is 40.9 Å². The van der Waals surface area contributed by atoms with Crippen molar-refractivity contribution in [2.75, 3.05) is 18.9 Å². The van der Waals surface area contributed by atoms with Crippen LogP contribution in [0, 0.1) is 0 Å².